The fourth-order valence-corrected chi connectivity index (χ4v) is 2.43. The van der Waals surface area contributed by atoms with Gasteiger partial charge >= 0.3 is 0 Å². The summed E-state index contributed by atoms with van der Waals surface area (Å²) >= 11 is 0. The van der Waals surface area contributed by atoms with Crippen molar-refractivity contribution < 1.29 is 0 Å². The van der Waals surface area contributed by atoms with Crippen molar-refractivity contribution in [3.8, 4) is 0 Å². The lowest BCUT2D eigenvalue weighted by Gasteiger charge is -2.43. The Labute approximate surface area is 98.7 Å². The van der Waals surface area contributed by atoms with Gasteiger partial charge in [-0.3, -0.25) is 4.90 Å². The van der Waals surface area contributed by atoms with Gasteiger partial charge in [0.1, 0.15) is 0 Å². The lowest BCUT2D eigenvalue weighted by Crippen LogP contribution is -2.59. The van der Waals surface area contributed by atoms with Gasteiger partial charge in [-0.15, -0.1) is 0 Å². The van der Waals surface area contributed by atoms with E-state index in [4.69, 9.17) is 0 Å². The molecule has 3 unspecified atom stereocenters. The third-order valence-electron chi connectivity index (χ3n) is 3.76. The molecule has 1 saturated heterocycles. The van der Waals surface area contributed by atoms with E-state index in [1.807, 2.05) is 0 Å². The summed E-state index contributed by atoms with van der Waals surface area (Å²) in [7, 11) is 0. The number of hydrogen-bond donors (Lipinski definition) is 1. The highest BCUT2D eigenvalue weighted by molar-refractivity contribution is 5.15. The molecule has 2 rings (SSSR count). The Morgan fingerprint density at radius 3 is 2.56 bits per heavy atom. The Bertz CT molecular complexity index is 323. The first-order chi connectivity index (χ1) is 7.68. The minimum absolute atomic E-state index is 0.583. The third-order valence-corrected chi connectivity index (χ3v) is 3.76. The molecule has 0 bridgehead atoms. The molecule has 1 aliphatic rings. The zero-order valence-electron chi connectivity index (χ0n) is 10.5. The monoisotopic (exact) mass is 218 g/mol. The van der Waals surface area contributed by atoms with Crippen LogP contribution in [0.1, 0.15) is 26.3 Å². The molecule has 1 aromatic rings. The van der Waals surface area contributed by atoms with E-state index in [0.29, 0.717) is 18.1 Å². The first kappa shape index (κ1) is 11.6. The summed E-state index contributed by atoms with van der Waals surface area (Å²) in [5, 5.41) is 3.56. The quantitative estimate of drug-likeness (QED) is 0.819. The van der Waals surface area contributed by atoms with Gasteiger partial charge in [0.2, 0.25) is 0 Å². The zero-order valence-corrected chi connectivity index (χ0v) is 10.5. The van der Waals surface area contributed by atoms with E-state index in [2.05, 4.69) is 61.3 Å². The van der Waals surface area contributed by atoms with Crippen molar-refractivity contribution in [1.29, 1.82) is 0 Å². The summed E-state index contributed by atoms with van der Waals surface area (Å²) in [6, 6.07) is 12.6. The van der Waals surface area contributed by atoms with Gasteiger partial charge in [0.25, 0.3) is 0 Å². The molecule has 0 aromatic heterocycles. The largest absolute Gasteiger partial charge is 0.311 e. The first-order valence-corrected chi connectivity index (χ1v) is 6.21. The molecule has 1 aromatic carbocycles. The SMILES string of the molecule is CC1NCC(C)N(Cc2ccccc2)C1C. The molecule has 2 heteroatoms. The van der Waals surface area contributed by atoms with E-state index < -0.39 is 0 Å². The number of rotatable bonds is 2. The normalized spacial score (nSPS) is 31.6. The molecule has 0 amide bonds. The number of nitrogens with one attached hydrogen (secondary N) is 1. The van der Waals surface area contributed by atoms with Crippen molar-refractivity contribution >= 4 is 0 Å². The van der Waals surface area contributed by atoms with Crippen LogP contribution in [0.4, 0.5) is 0 Å². The maximum Gasteiger partial charge on any atom is 0.0240 e. The predicted octanol–water partition coefficient (Wildman–Crippen LogP) is 2.26. The maximum atomic E-state index is 3.56. The highest BCUT2D eigenvalue weighted by Crippen LogP contribution is 2.17. The minimum Gasteiger partial charge on any atom is -0.311 e. The second-order valence-corrected chi connectivity index (χ2v) is 4.94. The molecule has 1 fully saturated rings. The second-order valence-electron chi connectivity index (χ2n) is 4.94. The number of nitrogens with zero attached hydrogens (tertiary/aromatic N) is 1. The Kier molecular flexibility index (Phi) is 3.62. The number of benzene rings is 1. The molecule has 0 radical (unpaired) electrons. The first-order valence-electron chi connectivity index (χ1n) is 6.21. The van der Waals surface area contributed by atoms with Crippen LogP contribution in [0.3, 0.4) is 0 Å². The molecule has 88 valence electrons. The van der Waals surface area contributed by atoms with E-state index in [1.54, 1.807) is 0 Å². The molecule has 0 saturated carbocycles. The standard InChI is InChI=1S/C14H22N2/c1-11-9-15-12(2)13(3)16(11)10-14-7-5-4-6-8-14/h4-8,11-13,15H,9-10H2,1-3H3. The van der Waals surface area contributed by atoms with Crippen molar-refractivity contribution in [3.05, 3.63) is 35.9 Å². The summed E-state index contributed by atoms with van der Waals surface area (Å²) in [6.45, 7) is 9.05. The fourth-order valence-electron chi connectivity index (χ4n) is 2.43. The molecule has 0 spiro atoms. The molecule has 1 aliphatic heterocycles. The minimum atomic E-state index is 0.583. The average molecular weight is 218 g/mol. The summed E-state index contributed by atoms with van der Waals surface area (Å²) in [5.74, 6) is 0. The van der Waals surface area contributed by atoms with Crippen LogP contribution >= 0.6 is 0 Å². The summed E-state index contributed by atoms with van der Waals surface area (Å²) < 4.78 is 0. The Hall–Kier alpha value is -0.860. The van der Waals surface area contributed by atoms with Gasteiger partial charge < -0.3 is 5.32 Å². The Balaban J connectivity index is 2.07. The molecule has 0 aliphatic carbocycles. The predicted molar refractivity (Wildman–Crippen MR) is 68.4 cm³/mol. The van der Waals surface area contributed by atoms with E-state index in [-0.39, 0.29) is 0 Å². The highest BCUT2D eigenvalue weighted by atomic mass is 15.3. The molecule has 1 N–H and O–H groups in total. The van der Waals surface area contributed by atoms with Gasteiger partial charge in [-0.1, -0.05) is 30.3 Å². The number of piperazine rings is 1. The lowest BCUT2D eigenvalue weighted by molar-refractivity contribution is 0.0797. The molecule has 1 heterocycles. The Morgan fingerprint density at radius 2 is 1.88 bits per heavy atom. The van der Waals surface area contributed by atoms with Crippen LogP contribution < -0.4 is 5.32 Å². The second kappa shape index (κ2) is 4.98. The smallest absolute Gasteiger partial charge is 0.0240 e. The third kappa shape index (κ3) is 2.45. The van der Waals surface area contributed by atoms with Crippen LogP contribution in [-0.4, -0.2) is 29.6 Å². The molecule has 2 nitrogen and oxygen atoms in total. The summed E-state index contributed by atoms with van der Waals surface area (Å²) in [4.78, 5) is 2.59. The summed E-state index contributed by atoms with van der Waals surface area (Å²) in [6.07, 6.45) is 0. The van der Waals surface area contributed by atoms with Crippen molar-refractivity contribution in [2.24, 2.45) is 0 Å². The van der Waals surface area contributed by atoms with Crippen molar-refractivity contribution in [2.45, 2.75) is 45.4 Å². The molecule has 3 atom stereocenters. The van der Waals surface area contributed by atoms with Crippen LogP contribution in [0.5, 0.6) is 0 Å². The van der Waals surface area contributed by atoms with Crippen LogP contribution in [0.15, 0.2) is 30.3 Å². The highest BCUT2D eigenvalue weighted by Gasteiger charge is 2.29. The maximum absolute atomic E-state index is 3.56. The van der Waals surface area contributed by atoms with Crippen LogP contribution in [0.2, 0.25) is 0 Å². The lowest BCUT2D eigenvalue weighted by atomic mass is 10.0. The number of hydrogen-bond acceptors (Lipinski definition) is 2. The molecule has 16 heavy (non-hydrogen) atoms. The van der Waals surface area contributed by atoms with Crippen LogP contribution in [-0.2, 0) is 6.54 Å². The fraction of sp³-hybridized carbons (Fsp3) is 0.571. The molecular formula is C14H22N2. The zero-order chi connectivity index (χ0) is 11.5. The van der Waals surface area contributed by atoms with Crippen molar-refractivity contribution in [1.82, 2.24) is 10.2 Å². The Morgan fingerprint density at radius 1 is 1.19 bits per heavy atom. The van der Waals surface area contributed by atoms with Crippen LogP contribution in [0, 0.1) is 0 Å². The van der Waals surface area contributed by atoms with Gasteiger partial charge in [-0.25, -0.2) is 0 Å². The van der Waals surface area contributed by atoms with Gasteiger partial charge in [-0.2, -0.15) is 0 Å². The van der Waals surface area contributed by atoms with Gasteiger partial charge in [0.15, 0.2) is 0 Å². The van der Waals surface area contributed by atoms with E-state index in [9.17, 15) is 0 Å². The van der Waals surface area contributed by atoms with Gasteiger partial charge in [0, 0.05) is 31.2 Å². The summed E-state index contributed by atoms with van der Waals surface area (Å²) in [5.41, 5.74) is 1.41. The van der Waals surface area contributed by atoms with E-state index in [0.717, 1.165) is 13.1 Å². The van der Waals surface area contributed by atoms with E-state index >= 15 is 0 Å². The van der Waals surface area contributed by atoms with E-state index in [1.165, 1.54) is 5.56 Å². The van der Waals surface area contributed by atoms with Gasteiger partial charge in [-0.05, 0) is 26.3 Å². The van der Waals surface area contributed by atoms with Crippen LogP contribution in [0.25, 0.3) is 0 Å². The average Bonchev–Trinajstić information content (AvgIpc) is 2.31. The molecular weight excluding hydrogens is 196 g/mol. The topological polar surface area (TPSA) is 15.3 Å². The van der Waals surface area contributed by atoms with Crippen molar-refractivity contribution in [2.75, 3.05) is 6.54 Å². The van der Waals surface area contributed by atoms with Gasteiger partial charge in [0.05, 0.1) is 0 Å². The van der Waals surface area contributed by atoms with Crippen molar-refractivity contribution in [3.63, 3.8) is 0 Å².